The molecule has 1 heterocycles. The van der Waals surface area contributed by atoms with Crippen molar-refractivity contribution in [2.45, 2.75) is 12.5 Å². The summed E-state index contributed by atoms with van der Waals surface area (Å²) in [6.45, 7) is 1.36. The molecule has 3 amide bonds. The van der Waals surface area contributed by atoms with E-state index in [1.807, 2.05) is 0 Å². The highest BCUT2D eigenvalue weighted by molar-refractivity contribution is 6.05. The zero-order valence-corrected chi connectivity index (χ0v) is 13.5. The average molecular weight is 339 g/mol. The van der Waals surface area contributed by atoms with Crippen molar-refractivity contribution >= 4 is 23.4 Å². The Morgan fingerprint density at radius 2 is 1.88 bits per heavy atom. The number of amides is 3. The first-order valence-corrected chi connectivity index (χ1v) is 7.65. The van der Waals surface area contributed by atoms with Crippen LogP contribution in [0, 0.1) is 0 Å². The lowest BCUT2D eigenvalue weighted by atomic mass is 9.90. The molecule has 7 heteroatoms. The van der Waals surface area contributed by atoms with Crippen LogP contribution >= 0.6 is 0 Å². The minimum Gasteiger partial charge on any atom is -0.481 e. The molecule has 2 aromatic carbocycles. The van der Waals surface area contributed by atoms with Crippen molar-refractivity contribution in [3.8, 4) is 5.75 Å². The van der Waals surface area contributed by atoms with Crippen molar-refractivity contribution in [3.63, 3.8) is 0 Å². The molecular formula is C18H17N3O4. The van der Waals surface area contributed by atoms with Gasteiger partial charge in [-0.25, -0.2) is 0 Å². The molecule has 0 radical (unpaired) electrons. The minimum absolute atomic E-state index is 0.178. The quantitative estimate of drug-likeness (QED) is 0.776. The summed E-state index contributed by atoms with van der Waals surface area (Å²) < 4.78 is 5.38. The molecule has 0 saturated carbocycles. The van der Waals surface area contributed by atoms with E-state index < -0.39 is 17.4 Å². The number of hydrogen-bond acceptors (Lipinski definition) is 4. The summed E-state index contributed by atoms with van der Waals surface area (Å²) in [6.07, 6.45) is 0. The summed E-state index contributed by atoms with van der Waals surface area (Å²) in [4.78, 5) is 36.2. The van der Waals surface area contributed by atoms with Crippen molar-refractivity contribution in [2.75, 3.05) is 11.9 Å². The van der Waals surface area contributed by atoms with E-state index in [-0.39, 0.29) is 23.8 Å². The Kier molecular flexibility index (Phi) is 4.14. The van der Waals surface area contributed by atoms with E-state index in [4.69, 9.17) is 10.5 Å². The van der Waals surface area contributed by atoms with Crippen molar-refractivity contribution in [3.05, 3.63) is 59.7 Å². The highest BCUT2D eigenvalue weighted by Crippen LogP contribution is 2.32. The zero-order chi connectivity index (χ0) is 18.0. The largest absolute Gasteiger partial charge is 0.481 e. The van der Waals surface area contributed by atoms with Crippen LogP contribution in [0.15, 0.2) is 48.5 Å². The predicted octanol–water partition coefficient (Wildman–Crippen LogP) is 1.15. The number of ether oxygens (including phenoxy) is 1. The summed E-state index contributed by atoms with van der Waals surface area (Å²) in [6, 6.07) is 13.5. The topological polar surface area (TPSA) is 111 Å². The fraction of sp³-hybridized carbons (Fsp3) is 0.167. The number of primary amides is 1. The fourth-order valence-corrected chi connectivity index (χ4v) is 2.64. The van der Waals surface area contributed by atoms with Gasteiger partial charge in [0.1, 0.15) is 5.54 Å². The molecular weight excluding hydrogens is 322 g/mol. The van der Waals surface area contributed by atoms with E-state index in [0.29, 0.717) is 11.3 Å². The molecule has 0 unspecified atom stereocenters. The van der Waals surface area contributed by atoms with Crippen LogP contribution in [-0.4, -0.2) is 24.3 Å². The molecule has 128 valence electrons. The molecule has 2 aromatic rings. The monoisotopic (exact) mass is 339 g/mol. The Morgan fingerprint density at radius 1 is 1.16 bits per heavy atom. The molecule has 7 nitrogen and oxygen atoms in total. The number of hydrogen-bond donors (Lipinski definition) is 3. The number of benzene rings is 2. The number of anilines is 1. The van der Waals surface area contributed by atoms with Crippen molar-refractivity contribution in [2.24, 2.45) is 5.73 Å². The van der Waals surface area contributed by atoms with Crippen LogP contribution in [0.5, 0.6) is 5.75 Å². The number of para-hydroxylation sites is 1. The highest BCUT2D eigenvalue weighted by atomic mass is 16.5. The zero-order valence-electron chi connectivity index (χ0n) is 13.5. The third kappa shape index (κ3) is 3.03. The maximum absolute atomic E-state index is 12.8. The summed E-state index contributed by atoms with van der Waals surface area (Å²) in [5, 5.41) is 5.32. The van der Waals surface area contributed by atoms with Gasteiger partial charge in [0.05, 0.1) is 11.3 Å². The molecule has 1 aliphatic heterocycles. The van der Waals surface area contributed by atoms with Gasteiger partial charge in [0.25, 0.3) is 11.8 Å². The Balaban J connectivity index is 1.95. The van der Waals surface area contributed by atoms with Crippen LogP contribution in [0.4, 0.5) is 5.69 Å². The van der Waals surface area contributed by atoms with E-state index in [1.165, 1.54) is 0 Å². The average Bonchev–Trinajstić information content (AvgIpc) is 2.61. The van der Waals surface area contributed by atoms with Gasteiger partial charge in [-0.2, -0.15) is 0 Å². The molecule has 0 bridgehead atoms. The second-order valence-corrected chi connectivity index (χ2v) is 5.83. The number of fused-ring (bicyclic) bond motifs is 1. The second-order valence-electron chi connectivity index (χ2n) is 5.83. The number of carbonyl (C=O) groups excluding carboxylic acids is 3. The maximum atomic E-state index is 12.8. The molecule has 1 aliphatic rings. The van der Waals surface area contributed by atoms with Gasteiger partial charge in [0, 0.05) is 0 Å². The lowest BCUT2D eigenvalue weighted by Gasteiger charge is -2.29. The van der Waals surface area contributed by atoms with E-state index in [1.54, 1.807) is 55.5 Å². The van der Waals surface area contributed by atoms with Crippen LogP contribution < -0.4 is 21.1 Å². The first kappa shape index (κ1) is 16.5. The lowest BCUT2D eigenvalue weighted by molar-refractivity contribution is -0.123. The Bertz CT molecular complexity index is 851. The minimum atomic E-state index is -1.39. The first-order valence-electron chi connectivity index (χ1n) is 7.65. The van der Waals surface area contributed by atoms with Gasteiger partial charge in [0.15, 0.2) is 12.4 Å². The van der Waals surface area contributed by atoms with Crippen molar-refractivity contribution < 1.29 is 19.1 Å². The third-order valence-electron chi connectivity index (χ3n) is 4.09. The maximum Gasteiger partial charge on any atom is 0.262 e. The van der Waals surface area contributed by atoms with Gasteiger partial charge in [-0.1, -0.05) is 36.4 Å². The van der Waals surface area contributed by atoms with Gasteiger partial charge < -0.3 is 21.1 Å². The van der Waals surface area contributed by atoms with Crippen LogP contribution in [0.2, 0.25) is 0 Å². The van der Waals surface area contributed by atoms with Crippen LogP contribution in [0.1, 0.15) is 22.8 Å². The number of nitrogens with two attached hydrogens (primary N) is 1. The van der Waals surface area contributed by atoms with Crippen LogP contribution in [-0.2, 0) is 15.1 Å². The van der Waals surface area contributed by atoms with E-state index in [2.05, 4.69) is 10.6 Å². The number of nitrogens with one attached hydrogen (secondary N) is 2. The summed E-state index contributed by atoms with van der Waals surface area (Å²) in [5.41, 5.74) is 5.33. The van der Waals surface area contributed by atoms with Gasteiger partial charge in [0.2, 0.25) is 5.91 Å². The lowest BCUT2D eigenvalue weighted by Crippen LogP contribution is -2.52. The van der Waals surface area contributed by atoms with E-state index in [0.717, 1.165) is 0 Å². The molecule has 4 N–H and O–H groups in total. The predicted molar refractivity (Wildman–Crippen MR) is 91.0 cm³/mol. The Labute approximate surface area is 144 Å². The normalized spacial score (nSPS) is 15.2. The fourth-order valence-electron chi connectivity index (χ4n) is 2.64. The Morgan fingerprint density at radius 3 is 2.56 bits per heavy atom. The second kappa shape index (κ2) is 6.27. The van der Waals surface area contributed by atoms with Crippen molar-refractivity contribution in [1.29, 1.82) is 0 Å². The van der Waals surface area contributed by atoms with Gasteiger partial charge in [-0.15, -0.1) is 0 Å². The molecule has 3 rings (SSSR count). The van der Waals surface area contributed by atoms with E-state index in [9.17, 15) is 14.4 Å². The first-order chi connectivity index (χ1) is 11.9. The molecule has 0 fully saturated rings. The summed E-state index contributed by atoms with van der Waals surface area (Å²) in [7, 11) is 0. The van der Waals surface area contributed by atoms with E-state index >= 15 is 0 Å². The van der Waals surface area contributed by atoms with Crippen molar-refractivity contribution in [1.82, 2.24) is 5.32 Å². The molecule has 0 aromatic heterocycles. The summed E-state index contributed by atoms with van der Waals surface area (Å²) >= 11 is 0. The standard InChI is InChI=1S/C18H17N3O4/c1-18(17(19)24,11-6-3-2-4-7-11)21-16(23)12-8-5-9-13-15(12)25-10-14(22)20-13/h2-9H,10H2,1H3,(H2,19,24)(H,20,22)(H,21,23)/t18-/m1/s1. The van der Waals surface area contributed by atoms with Gasteiger partial charge in [-0.3, -0.25) is 14.4 Å². The molecule has 0 spiro atoms. The van der Waals surface area contributed by atoms with Crippen LogP contribution in [0.3, 0.4) is 0 Å². The number of carbonyl (C=O) groups is 3. The Hall–Kier alpha value is -3.35. The molecule has 25 heavy (non-hydrogen) atoms. The van der Waals surface area contributed by atoms with Gasteiger partial charge >= 0.3 is 0 Å². The summed E-state index contributed by atoms with van der Waals surface area (Å²) in [5.74, 6) is -1.25. The number of rotatable bonds is 4. The molecule has 0 aliphatic carbocycles. The molecule has 1 atom stereocenters. The SMILES string of the molecule is C[C@](NC(=O)c1cccc2c1OCC(=O)N2)(C(N)=O)c1ccccc1. The van der Waals surface area contributed by atoms with Gasteiger partial charge in [-0.05, 0) is 24.6 Å². The third-order valence-corrected chi connectivity index (χ3v) is 4.09. The smallest absolute Gasteiger partial charge is 0.262 e. The molecule has 0 saturated heterocycles. The highest BCUT2D eigenvalue weighted by Gasteiger charge is 2.36. The van der Waals surface area contributed by atoms with Crippen LogP contribution in [0.25, 0.3) is 0 Å².